The Bertz CT molecular complexity index is 964. The quantitative estimate of drug-likeness (QED) is 0.593. The van der Waals surface area contributed by atoms with Crippen LogP contribution < -0.4 is 10.2 Å². The molecule has 1 fully saturated rings. The van der Waals surface area contributed by atoms with Crippen LogP contribution >= 0.6 is 0 Å². The molecule has 0 amide bonds. The lowest BCUT2D eigenvalue weighted by Crippen LogP contribution is -2.49. The van der Waals surface area contributed by atoms with Crippen LogP contribution in [0.4, 0.5) is 24.5 Å². The lowest BCUT2D eigenvalue weighted by atomic mass is 10.0. The zero-order valence-corrected chi connectivity index (χ0v) is 15.5. The van der Waals surface area contributed by atoms with Gasteiger partial charge < -0.3 is 15.0 Å². The van der Waals surface area contributed by atoms with Crippen LogP contribution in [0.1, 0.15) is 13.9 Å². The van der Waals surface area contributed by atoms with Gasteiger partial charge in [-0.3, -0.25) is 4.18 Å². The van der Waals surface area contributed by atoms with E-state index in [2.05, 4.69) is 9.50 Å². The van der Waals surface area contributed by atoms with Crippen molar-refractivity contribution in [1.82, 2.24) is 0 Å². The molecule has 3 atom stereocenters. The highest BCUT2D eigenvalue weighted by molar-refractivity contribution is 7.87. The molecular formula is C17H18F3N3O4S. The van der Waals surface area contributed by atoms with Crippen molar-refractivity contribution < 1.29 is 31.9 Å². The van der Waals surface area contributed by atoms with Crippen LogP contribution in [0.25, 0.3) is 6.08 Å². The number of benzene rings is 1. The Kier molecular flexibility index (Phi) is 5.18. The summed E-state index contributed by atoms with van der Waals surface area (Å²) < 4.78 is 77.3. The van der Waals surface area contributed by atoms with Crippen LogP contribution in [-0.2, 0) is 19.0 Å². The summed E-state index contributed by atoms with van der Waals surface area (Å²) in [5, 5.41) is 11.9. The van der Waals surface area contributed by atoms with Crippen LogP contribution in [0.15, 0.2) is 24.3 Å². The molecule has 1 aromatic carbocycles. The van der Waals surface area contributed by atoms with Gasteiger partial charge in [-0.25, -0.2) is 0 Å². The second-order valence-corrected chi connectivity index (χ2v) is 7.99. The third-order valence-corrected chi connectivity index (χ3v) is 5.26. The van der Waals surface area contributed by atoms with E-state index in [1.54, 1.807) is 31.2 Å². The maximum atomic E-state index is 12.5. The second-order valence-electron chi connectivity index (χ2n) is 6.38. The van der Waals surface area contributed by atoms with Gasteiger partial charge in [0.15, 0.2) is 0 Å². The van der Waals surface area contributed by atoms with Gasteiger partial charge >= 0.3 is 15.6 Å². The minimum Gasteiger partial charge on any atom is -0.369 e. The van der Waals surface area contributed by atoms with E-state index in [0.29, 0.717) is 23.5 Å². The number of nitrogens with one attached hydrogen (secondary N) is 1. The third kappa shape index (κ3) is 4.24. The zero-order valence-electron chi connectivity index (χ0n) is 15.7. The van der Waals surface area contributed by atoms with Gasteiger partial charge in [-0.1, -0.05) is 12.1 Å². The first-order valence-corrected chi connectivity index (χ1v) is 9.73. The minimum atomic E-state index is -5.70. The number of halogens is 3. The fourth-order valence-electron chi connectivity index (χ4n) is 3.10. The molecule has 152 valence electrons. The van der Waals surface area contributed by atoms with Gasteiger partial charge in [0.2, 0.25) is 0 Å². The van der Waals surface area contributed by atoms with Crippen LogP contribution in [0.5, 0.6) is 0 Å². The van der Waals surface area contributed by atoms with Crippen molar-refractivity contribution in [3.63, 3.8) is 0 Å². The van der Waals surface area contributed by atoms with Gasteiger partial charge in [0.05, 0.1) is 20.2 Å². The summed E-state index contributed by atoms with van der Waals surface area (Å²) in [5.74, 6) is 0. The average molecular weight is 418 g/mol. The molecule has 0 spiro atoms. The molecule has 28 heavy (non-hydrogen) atoms. The normalized spacial score (nSPS) is 28.1. The van der Waals surface area contributed by atoms with Gasteiger partial charge in [0.25, 0.3) is 0 Å². The van der Waals surface area contributed by atoms with Crippen molar-refractivity contribution in [3.8, 4) is 6.07 Å². The Morgan fingerprint density at radius 3 is 2.89 bits per heavy atom. The fraction of sp³-hybridized carbons (Fsp3) is 0.471. The minimum absolute atomic E-state index is 0.103. The molecule has 3 rings (SSSR count). The number of morpholine rings is 1. The first-order chi connectivity index (χ1) is 13.4. The molecular weight excluding hydrogens is 399 g/mol. The molecule has 0 bridgehead atoms. The van der Waals surface area contributed by atoms with Crippen molar-refractivity contribution >= 4 is 27.6 Å². The fourth-order valence-corrected chi connectivity index (χ4v) is 3.56. The predicted octanol–water partition coefficient (Wildman–Crippen LogP) is 2.48. The summed E-state index contributed by atoms with van der Waals surface area (Å²) in [4.78, 5) is 1.84. The topological polar surface area (TPSA) is 91.7 Å². The van der Waals surface area contributed by atoms with E-state index in [1.165, 1.54) is 6.08 Å². The molecule has 0 saturated carbocycles. The highest BCUT2D eigenvalue weighted by Crippen LogP contribution is 2.34. The Hall–Kier alpha value is -2.29. The first kappa shape index (κ1) is 19.0. The van der Waals surface area contributed by atoms with Crippen LogP contribution in [0, 0.1) is 11.3 Å². The number of hydrogen-bond acceptors (Lipinski definition) is 7. The maximum Gasteiger partial charge on any atom is 0.523 e. The Morgan fingerprint density at radius 1 is 1.46 bits per heavy atom. The van der Waals surface area contributed by atoms with Crippen molar-refractivity contribution in [2.75, 3.05) is 29.9 Å². The van der Waals surface area contributed by atoms with Crippen LogP contribution in [0.3, 0.4) is 0 Å². The number of alkyl halides is 3. The summed E-state index contributed by atoms with van der Waals surface area (Å²) in [6.07, 6.45) is 1.74. The average Bonchev–Trinajstić information content (AvgIpc) is 2.64. The second kappa shape index (κ2) is 7.62. The molecule has 1 aromatic rings. The summed E-state index contributed by atoms with van der Waals surface area (Å²) in [7, 11) is -5.70. The molecule has 11 heteroatoms. The molecule has 2 aliphatic heterocycles. The van der Waals surface area contributed by atoms with E-state index in [1.807, 2.05) is 11.0 Å². The van der Waals surface area contributed by atoms with E-state index in [4.69, 9.17) is 11.4 Å². The smallest absolute Gasteiger partial charge is 0.369 e. The van der Waals surface area contributed by atoms with Crippen molar-refractivity contribution in [2.24, 2.45) is 0 Å². The third-order valence-electron chi connectivity index (χ3n) is 4.25. The number of nitriles is 1. The van der Waals surface area contributed by atoms with E-state index in [-0.39, 0.29) is 6.54 Å². The molecule has 0 aliphatic carbocycles. The highest BCUT2D eigenvalue weighted by Gasteiger charge is 2.47. The lowest BCUT2D eigenvalue weighted by molar-refractivity contribution is -0.0656. The van der Waals surface area contributed by atoms with E-state index < -0.39 is 40.5 Å². The van der Waals surface area contributed by atoms with Gasteiger partial charge in [-0.2, -0.15) is 26.9 Å². The maximum absolute atomic E-state index is 12.5. The van der Waals surface area contributed by atoms with Gasteiger partial charge in [0, 0.05) is 30.0 Å². The summed E-state index contributed by atoms with van der Waals surface area (Å²) >= 11 is 0. The predicted molar refractivity (Wildman–Crippen MR) is 96.0 cm³/mol. The Morgan fingerprint density at radius 2 is 2.21 bits per heavy atom. The standard InChI is InChI=1S/C17H18F3N3O4S/c1-11-8-23(9-13(27-11)10-26-28(24,25)17(18,19)20)16-4-2-3-15-14(16)6-5-12(7-21)22-15/h2-6,11-13,22H,8-10H2,1H3/t11-,12?,13-/m1/s1/i12D. The molecule has 7 nitrogen and oxygen atoms in total. The zero-order chi connectivity index (χ0) is 21.4. The highest BCUT2D eigenvalue weighted by atomic mass is 32.2. The van der Waals surface area contributed by atoms with E-state index >= 15 is 0 Å². The van der Waals surface area contributed by atoms with Crippen molar-refractivity contribution in [2.45, 2.75) is 30.7 Å². The monoisotopic (exact) mass is 418 g/mol. The molecule has 0 radical (unpaired) electrons. The molecule has 1 unspecified atom stereocenters. The van der Waals surface area contributed by atoms with Crippen molar-refractivity contribution in [3.05, 3.63) is 29.8 Å². The van der Waals surface area contributed by atoms with Gasteiger partial charge in [0.1, 0.15) is 12.1 Å². The first-order valence-electron chi connectivity index (χ1n) is 8.82. The number of nitrogens with zero attached hydrogens (tertiary/aromatic N) is 2. The van der Waals surface area contributed by atoms with Crippen LogP contribution in [-0.4, -0.2) is 51.8 Å². The largest absolute Gasteiger partial charge is 0.523 e. The van der Waals surface area contributed by atoms with Gasteiger partial charge in [-0.05, 0) is 25.1 Å². The molecule has 1 saturated heterocycles. The SMILES string of the molecule is [2H]C1(C#N)C=Cc2c(cccc2N2C[C@H](COS(=O)(=O)C(F)(F)F)O[C@H](C)C2)N1. The van der Waals surface area contributed by atoms with Crippen molar-refractivity contribution in [1.29, 1.82) is 5.26 Å². The number of fused-ring (bicyclic) bond motifs is 1. The number of anilines is 2. The Balaban J connectivity index is 1.79. The number of ether oxygens (including phenoxy) is 1. The van der Waals surface area contributed by atoms with Crippen LogP contribution in [0.2, 0.25) is 0 Å². The summed E-state index contributed by atoms with van der Waals surface area (Å²) in [5.41, 5.74) is -3.51. The summed E-state index contributed by atoms with van der Waals surface area (Å²) in [6, 6.07) is 5.48. The van der Waals surface area contributed by atoms with E-state index in [9.17, 15) is 21.6 Å². The number of hydrogen-bond donors (Lipinski definition) is 1. The van der Waals surface area contributed by atoms with Gasteiger partial charge in [-0.15, -0.1) is 0 Å². The molecule has 2 aliphatic rings. The number of rotatable bonds is 4. The molecule has 2 heterocycles. The summed E-state index contributed by atoms with van der Waals surface area (Å²) in [6.45, 7) is 1.46. The van der Waals surface area contributed by atoms with E-state index in [0.717, 1.165) is 0 Å². The Labute approximate surface area is 161 Å². The molecule has 0 aromatic heterocycles. The molecule has 1 N–H and O–H groups in total. The lowest BCUT2D eigenvalue weighted by Gasteiger charge is -2.39.